The molecule has 0 bridgehead atoms. The molecule has 1 aliphatic rings. The van der Waals surface area contributed by atoms with Gasteiger partial charge in [0.15, 0.2) is 0 Å². The van der Waals surface area contributed by atoms with E-state index in [0.29, 0.717) is 6.54 Å². The van der Waals surface area contributed by atoms with Gasteiger partial charge in [-0.15, -0.1) is 0 Å². The molecular weight excluding hydrogens is 392 g/mol. The van der Waals surface area contributed by atoms with Gasteiger partial charge < -0.3 is 4.98 Å². The second-order valence-electron chi connectivity index (χ2n) is 8.00. The van der Waals surface area contributed by atoms with E-state index in [9.17, 15) is 8.42 Å². The molecule has 1 atom stereocenters. The molecule has 0 fully saturated rings. The van der Waals surface area contributed by atoms with Crippen LogP contribution in [0.2, 0.25) is 0 Å². The third-order valence-corrected chi connectivity index (χ3v) is 7.75. The maximum Gasteiger partial charge on any atom is 0.219 e. The summed E-state index contributed by atoms with van der Waals surface area (Å²) < 4.78 is 29.0. The molecule has 0 amide bonds. The number of nitrogens with zero attached hydrogens (tertiary/aromatic N) is 1. The van der Waals surface area contributed by atoms with E-state index in [0.717, 1.165) is 39.6 Å². The minimum absolute atomic E-state index is 0.00963. The van der Waals surface area contributed by atoms with Gasteiger partial charge in [0.25, 0.3) is 0 Å². The quantitative estimate of drug-likeness (QED) is 0.512. The Hall–Kier alpha value is -2.89. The topological polar surface area (TPSA) is 53.2 Å². The van der Waals surface area contributed by atoms with E-state index in [-0.39, 0.29) is 11.8 Å². The minimum atomic E-state index is -3.52. The SMILES string of the molecule is Cc1cccc(CS(=O)(=O)N2CCc3ccccc3[C@H]2c2c[nH]c3ccccc23)c1. The van der Waals surface area contributed by atoms with Gasteiger partial charge in [0.1, 0.15) is 0 Å². The minimum Gasteiger partial charge on any atom is -0.361 e. The molecule has 5 rings (SSSR count). The lowest BCUT2D eigenvalue weighted by molar-refractivity contribution is 0.345. The van der Waals surface area contributed by atoms with Crippen molar-refractivity contribution in [1.82, 2.24) is 9.29 Å². The normalized spacial score (nSPS) is 17.2. The molecule has 5 heteroatoms. The van der Waals surface area contributed by atoms with Crippen LogP contribution in [-0.2, 0) is 22.2 Å². The van der Waals surface area contributed by atoms with Crippen molar-refractivity contribution in [3.05, 3.63) is 107 Å². The standard InChI is InChI=1S/C25H24N2O2S/c1-18-7-6-8-19(15-18)17-30(28,29)27-14-13-20-9-2-3-10-21(20)25(27)23-16-26-24-12-5-4-11-22(23)24/h2-12,15-16,25-26H,13-14,17H2,1H3/t25-/m0/s1. The van der Waals surface area contributed by atoms with E-state index < -0.39 is 10.0 Å². The molecule has 0 aliphatic carbocycles. The molecule has 1 aromatic heterocycles. The van der Waals surface area contributed by atoms with E-state index in [1.54, 1.807) is 4.31 Å². The molecule has 4 aromatic rings. The molecule has 1 N–H and O–H groups in total. The largest absolute Gasteiger partial charge is 0.361 e. The number of aromatic nitrogens is 1. The number of fused-ring (bicyclic) bond motifs is 2. The summed E-state index contributed by atoms with van der Waals surface area (Å²) in [4.78, 5) is 3.32. The van der Waals surface area contributed by atoms with E-state index in [2.05, 4.69) is 23.2 Å². The van der Waals surface area contributed by atoms with E-state index in [4.69, 9.17) is 0 Å². The Morgan fingerprint density at radius 2 is 1.77 bits per heavy atom. The Balaban J connectivity index is 1.63. The summed E-state index contributed by atoms with van der Waals surface area (Å²) in [5.74, 6) is 0.00963. The lowest BCUT2D eigenvalue weighted by Crippen LogP contribution is -2.41. The number of aryl methyl sites for hydroxylation is 1. The number of rotatable bonds is 4. The van der Waals surface area contributed by atoms with Crippen LogP contribution < -0.4 is 0 Å². The van der Waals surface area contributed by atoms with Crippen molar-refractivity contribution < 1.29 is 8.42 Å². The van der Waals surface area contributed by atoms with Crippen LogP contribution >= 0.6 is 0 Å². The highest BCUT2D eigenvalue weighted by molar-refractivity contribution is 7.88. The van der Waals surface area contributed by atoms with Gasteiger partial charge in [0.05, 0.1) is 11.8 Å². The Morgan fingerprint density at radius 3 is 2.63 bits per heavy atom. The summed E-state index contributed by atoms with van der Waals surface area (Å²) in [6.45, 7) is 2.47. The molecule has 3 aromatic carbocycles. The first-order valence-electron chi connectivity index (χ1n) is 10.2. The summed E-state index contributed by atoms with van der Waals surface area (Å²) >= 11 is 0. The van der Waals surface area contributed by atoms with Gasteiger partial charge in [-0.1, -0.05) is 72.3 Å². The second kappa shape index (κ2) is 7.42. The average Bonchev–Trinajstić information content (AvgIpc) is 3.16. The molecule has 0 saturated heterocycles. The highest BCUT2D eigenvalue weighted by atomic mass is 32.2. The van der Waals surface area contributed by atoms with Gasteiger partial charge in [-0.25, -0.2) is 8.42 Å². The van der Waals surface area contributed by atoms with Gasteiger partial charge in [-0.05, 0) is 36.1 Å². The Morgan fingerprint density at radius 1 is 0.967 bits per heavy atom. The molecule has 4 nitrogen and oxygen atoms in total. The highest BCUT2D eigenvalue weighted by Crippen LogP contribution is 2.40. The lowest BCUT2D eigenvalue weighted by Gasteiger charge is -2.36. The number of hydrogen-bond donors (Lipinski definition) is 1. The zero-order valence-corrected chi connectivity index (χ0v) is 17.7. The smallest absolute Gasteiger partial charge is 0.219 e. The van der Waals surface area contributed by atoms with Crippen LogP contribution in [0, 0.1) is 6.92 Å². The summed E-state index contributed by atoms with van der Waals surface area (Å²) in [7, 11) is -3.52. The fraction of sp³-hybridized carbons (Fsp3) is 0.200. The molecule has 0 saturated carbocycles. The van der Waals surface area contributed by atoms with E-state index >= 15 is 0 Å². The van der Waals surface area contributed by atoms with Crippen molar-refractivity contribution in [2.24, 2.45) is 0 Å². The van der Waals surface area contributed by atoms with Crippen LogP contribution in [0.3, 0.4) is 0 Å². The predicted octanol–water partition coefficient (Wildman–Crippen LogP) is 4.95. The molecule has 2 heterocycles. The first-order chi connectivity index (χ1) is 14.5. The maximum atomic E-state index is 13.6. The fourth-order valence-electron chi connectivity index (χ4n) is 4.58. The molecular formula is C25H24N2O2S. The molecule has 152 valence electrons. The van der Waals surface area contributed by atoms with Crippen molar-refractivity contribution in [2.75, 3.05) is 6.54 Å². The van der Waals surface area contributed by atoms with Crippen LogP contribution in [-0.4, -0.2) is 24.3 Å². The van der Waals surface area contributed by atoms with Crippen molar-refractivity contribution in [3.63, 3.8) is 0 Å². The number of para-hydroxylation sites is 1. The van der Waals surface area contributed by atoms with Crippen LogP contribution in [0.25, 0.3) is 10.9 Å². The number of sulfonamides is 1. The lowest BCUT2D eigenvalue weighted by atomic mass is 9.90. The van der Waals surface area contributed by atoms with Crippen molar-refractivity contribution >= 4 is 20.9 Å². The first-order valence-corrected chi connectivity index (χ1v) is 11.8. The highest BCUT2D eigenvalue weighted by Gasteiger charge is 2.37. The third-order valence-electron chi connectivity index (χ3n) is 5.94. The zero-order valence-electron chi connectivity index (χ0n) is 16.9. The van der Waals surface area contributed by atoms with E-state index in [1.807, 2.05) is 67.7 Å². The average molecular weight is 417 g/mol. The van der Waals surface area contributed by atoms with Crippen molar-refractivity contribution in [3.8, 4) is 0 Å². The van der Waals surface area contributed by atoms with Crippen molar-refractivity contribution in [1.29, 1.82) is 0 Å². The van der Waals surface area contributed by atoms with Crippen LogP contribution in [0.4, 0.5) is 0 Å². The molecule has 1 aliphatic heterocycles. The van der Waals surface area contributed by atoms with Crippen LogP contribution in [0.1, 0.15) is 33.9 Å². The third kappa shape index (κ3) is 3.34. The summed E-state index contributed by atoms with van der Waals surface area (Å²) in [5, 5.41) is 1.06. The van der Waals surface area contributed by atoms with Gasteiger partial charge in [0, 0.05) is 29.2 Å². The Kier molecular flexibility index (Phi) is 4.72. The summed E-state index contributed by atoms with van der Waals surface area (Å²) in [6.07, 6.45) is 2.69. The Bertz CT molecular complexity index is 1320. The number of nitrogens with one attached hydrogen (secondary N) is 1. The van der Waals surface area contributed by atoms with Gasteiger partial charge in [0.2, 0.25) is 10.0 Å². The number of benzene rings is 3. The van der Waals surface area contributed by atoms with Crippen LogP contribution in [0.5, 0.6) is 0 Å². The van der Waals surface area contributed by atoms with Crippen LogP contribution in [0.15, 0.2) is 79.0 Å². The second-order valence-corrected chi connectivity index (χ2v) is 9.92. The van der Waals surface area contributed by atoms with Gasteiger partial charge in [-0.2, -0.15) is 4.31 Å². The monoisotopic (exact) mass is 416 g/mol. The predicted molar refractivity (Wildman–Crippen MR) is 121 cm³/mol. The molecule has 0 radical (unpaired) electrons. The zero-order chi connectivity index (χ0) is 20.7. The first kappa shape index (κ1) is 19.1. The molecule has 0 unspecified atom stereocenters. The maximum absolute atomic E-state index is 13.6. The van der Waals surface area contributed by atoms with Gasteiger partial charge >= 0.3 is 0 Å². The van der Waals surface area contributed by atoms with Gasteiger partial charge in [-0.3, -0.25) is 0 Å². The Labute approximate surface area is 177 Å². The van der Waals surface area contributed by atoms with Crippen molar-refractivity contribution in [2.45, 2.75) is 25.1 Å². The number of aromatic amines is 1. The number of hydrogen-bond acceptors (Lipinski definition) is 2. The summed E-state index contributed by atoms with van der Waals surface area (Å²) in [6, 6.07) is 23.7. The molecule has 30 heavy (non-hydrogen) atoms. The fourth-order valence-corrected chi connectivity index (χ4v) is 6.27. The summed E-state index contributed by atoms with van der Waals surface area (Å²) in [5.41, 5.74) is 6.21. The van der Waals surface area contributed by atoms with E-state index in [1.165, 1.54) is 5.56 Å². The molecule has 0 spiro atoms. The number of H-pyrrole nitrogens is 1.